The van der Waals surface area contributed by atoms with Crippen LogP contribution >= 0.6 is 0 Å². The first-order valence-electron chi connectivity index (χ1n) is 11.3. The predicted octanol–water partition coefficient (Wildman–Crippen LogP) is 2.49. The summed E-state index contributed by atoms with van der Waals surface area (Å²) in [7, 11) is 1.23. The summed E-state index contributed by atoms with van der Waals surface area (Å²) in [5, 5.41) is 34.4. The van der Waals surface area contributed by atoms with Gasteiger partial charge in [-0.2, -0.15) is 0 Å². The number of phenols is 2. The van der Waals surface area contributed by atoms with Gasteiger partial charge in [-0.1, -0.05) is 50.2 Å². The quantitative estimate of drug-likeness (QED) is 0.227. The van der Waals surface area contributed by atoms with Crippen LogP contribution < -0.4 is 10.6 Å². The summed E-state index contributed by atoms with van der Waals surface area (Å²) in [6.45, 7) is 5.69. The summed E-state index contributed by atoms with van der Waals surface area (Å²) >= 11 is 0. The Hall–Kier alpha value is -3.59. The van der Waals surface area contributed by atoms with Crippen LogP contribution in [0.1, 0.15) is 44.7 Å². The van der Waals surface area contributed by atoms with Gasteiger partial charge in [-0.15, -0.1) is 0 Å². The number of rotatable bonds is 12. The number of carbonyl (C=O) groups excluding carboxylic acids is 2. The summed E-state index contributed by atoms with van der Waals surface area (Å²) in [4.78, 5) is 37.1. The predicted molar refractivity (Wildman–Crippen MR) is 130 cm³/mol. The van der Waals surface area contributed by atoms with Gasteiger partial charge in [0.05, 0.1) is 19.6 Å². The SMILES string of the molecule is COC(=O)[C@@](C)(Cc1ccccc1)NC(=O)[C@H](CC(=O)O)NCCC(C)(C)c1ccc(O)c(O)c1. The summed E-state index contributed by atoms with van der Waals surface area (Å²) in [5.74, 6) is -2.88. The number of benzene rings is 2. The van der Waals surface area contributed by atoms with Gasteiger partial charge in [-0.05, 0) is 48.6 Å². The highest BCUT2D eigenvalue weighted by Crippen LogP contribution is 2.33. The van der Waals surface area contributed by atoms with E-state index >= 15 is 0 Å². The first-order valence-corrected chi connectivity index (χ1v) is 11.3. The van der Waals surface area contributed by atoms with Crippen molar-refractivity contribution >= 4 is 17.8 Å². The number of hydrogen-bond acceptors (Lipinski definition) is 7. The van der Waals surface area contributed by atoms with E-state index in [2.05, 4.69) is 10.6 Å². The lowest BCUT2D eigenvalue weighted by Gasteiger charge is -2.31. The maximum atomic E-state index is 13.1. The van der Waals surface area contributed by atoms with E-state index in [0.29, 0.717) is 6.42 Å². The molecular formula is C26H34N2O7. The van der Waals surface area contributed by atoms with Crippen molar-refractivity contribution in [1.29, 1.82) is 0 Å². The molecule has 0 saturated heterocycles. The molecular weight excluding hydrogens is 452 g/mol. The van der Waals surface area contributed by atoms with Crippen LogP contribution in [-0.2, 0) is 31.0 Å². The monoisotopic (exact) mass is 486 g/mol. The van der Waals surface area contributed by atoms with Crippen molar-refractivity contribution in [2.75, 3.05) is 13.7 Å². The number of carboxylic acids is 1. The molecule has 190 valence electrons. The molecule has 0 aliphatic heterocycles. The molecule has 2 aromatic rings. The Morgan fingerprint density at radius 1 is 1.00 bits per heavy atom. The zero-order chi connectivity index (χ0) is 26.2. The maximum absolute atomic E-state index is 13.1. The van der Waals surface area contributed by atoms with Crippen LogP contribution in [0.5, 0.6) is 11.5 Å². The molecule has 1 amide bonds. The minimum atomic E-state index is -1.39. The Kier molecular flexibility index (Phi) is 9.25. The van der Waals surface area contributed by atoms with Crippen LogP contribution in [0.25, 0.3) is 0 Å². The van der Waals surface area contributed by atoms with Gasteiger partial charge in [-0.25, -0.2) is 4.79 Å². The Bertz CT molecular complexity index is 1040. The van der Waals surface area contributed by atoms with Crippen molar-refractivity contribution < 1.29 is 34.4 Å². The van der Waals surface area contributed by atoms with Crippen LogP contribution in [-0.4, -0.2) is 58.4 Å². The Morgan fingerprint density at radius 3 is 2.23 bits per heavy atom. The number of amides is 1. The van der Waals surface area contributed by atoms with Crippen molar-refractivity contribution in [3.8, 4) is 11.5 Å². The Labute approximate surface area is 205 Å². The van der Waals surface area contributed by atoms with Crippen LogP contribution in [0.15, 0.2) is 48.5 Å². The molecule has 0 bridgehead atoms. The fraction of sp³-hybridized carbons (Fsp3) is 0.423. The maximum Gasteiger partial charge on any atom is 0.331 e. The zero-order valence-corrected chi connectivity index (χ0v) is 20.5. The van der Waals surface area contributed by atoms with Crippen molar-refractivity contribution in [1.82, 2.24) is 10.6 Å². The smallest absolute Gasteiger partial charge is 0.331 e. The summed E-state index contributed by atoms with van der Waals surface area (Å²) < 4.78 is 4.91. The normalized spacial score (nSPS) is 13.9. The molecule has 0 aliphatic carbocycles. The van der Waals surface area contributed by atoms with E-state index in [1.165, 1.54) is 19.2 Å². The highest BCUT2D eigenvalue weighted by molar-refractivity contribution is 5.92. The van der Waals surface area contributed by atoms with E-state index < -0.39 is 41.3 Å². The topological polar surface area (TPSA) is 145 Å². The van der Waals surface area contributed by atoms with Gasteiger partial charge in [0.1, 0.15) is 5.54 Å². The van der Waals surface area contributed by atoms with E-state index in [-0.39, 0.29) is 24.5 Å². The number of nitrogens with one attached hydrogen (secondary N) is 2. The van der Waals surface area contributed by atoms with Gasteiger partial charge in [0, 0.05) is 6.42 Å². The number of esters is 1. The standard InChI is InChI=1S/C26H34N2O7/c1-25(2,18-10-11-20(29)21(30)14-18)12-13-27-19(15-22(31)32)23(33)28-26(3,24(34)35-4)16-17-8-6-5-7-9-17/h5-11,14,19,27,29-30H,12-13,15-16H2,1-4H3,(H,28,33)(H,31,32)/t19-,26+/m0/s1. The van der Waals surface area contributed by atoms with Gasteiger partial charge in [0.2, 0.25) is 5.91 Å². The van der Waals surface area contributed by atoms with Crippen LogP contribution in [0, 0.1) is 0 Å². The molecule has 0 heterocycles. The van der Waals surface area contributed by atoms with Gasteiger partial charge in [0.25, 0.3) is 0 Å². The number of methoxy groups -OCH3 is 1. The Morgan fingerprint density at radius 2 is 1.66 bits per heavy atom. The number of aliphatic carboxylic acids is 1. The summed E-state index contributed by atoms with van der Waals surface area (Å²) in [6.07, 6.45) is 0.192. The second-order valence-corrected chi connectivity index (χ2v) is 9.42. The summed E-state index contributed by atoms with van der Waals surface area (Å²) in [6, 6.07) is 12.6. The second kappa shape index (κ2) is 11.7. The molecule has 0 aliphatic rings. The third-order valence-corrected chi connectivity index (χ3v) is 6.03. The molecule has 5 N–H and O–H groups in total. The summed E-state index contributed by atoms with van der Waals surface area (Å²) in [5.41, 5.74) is -0.262. The number of carbonyl (C=O) groups is 3. The number of hydrogen-bond donors (Lipinski definition) is 5. The molecule has 2 aromatic carbocycles. The molecule has 0 saturated carbocycles. The lowest BCUT2D eigenvalue weighted by molar-refractivity contribution is -0.150. The van der Waals surface area contributed by atoms with Crippen LogP contribution in [0.2, 0.25) is 0 Å². The molecule has 0 aromatic heterocycles. The molecule has 0 unspecified atom stereocenters. The molecule has 9 nitrogen and oxygen atoms in total. The minimum Gasteiger partial charge on any atom is -0.504 e. The second-order valence-electron chi connectivity index (χ2n) is 9.42. The Balaban J connectivity index is 2.13. The largest absolute Gasteiger partial charge is 0.504 e. The molecule has 0 spiro atoms. The minimum absolute atomic E-state index is 0.170. The van der Waals surface area contributed by atoms with Gasteiger partial charge < -0.3 is 30.7 Å². The van der Waals surface area contributed by atoms with Gasteiger partial charge in [-0.3, -0.25) is 9.59 Å². The number of phenolic OH excluding ortho intramolecular Hbond substituents is 2. The van der Waals surface area contributed by atoms with E-state index in [9.17, 15) is 29.7 Å². The average Bonchev–Trinajstić information content (AvgIpc) is 2.79. The highest BCUT2D eigenvalue weighted by atomic mass is 16.5. The van der Waals surface area contributed by atoms with Crippen molar-refractivity contribution in [3.63, 3.8) is 0 Å². The molecule has 9 heteroatoms. The lowest BCUT2D eigenvalue weighted by Crippen LogP contribution is -2.59. The first-order chi connectivity index (χ1) is 16.4. The molecule has 2 atom stereocenters. The van der Waals surface area contributed by atoms with Crippen molar-refractivity contribution in [2.24, 2.45) is 0 Å². The van der Waals surface area contributed by atoms with E-state index in [1.807, 2.05) is 44.2 Å². The fourth-order valence-corrected chi connectivity index (χ4v) is 3.84. The fourth-order valence-electron chi connectivity index (χ4n) is 3.84. The van der Waals surface area contributed by atoms with Crippen LogP contribution in [0.3, 0.4) is 0 Å². The third kappa shape index (κ3) is 7.71. The number of aromatic hydroxyl groups is 2. The lowest BCUT2D eigenvalue weighted by atomic mass is 9.81. The average molecular weight is 487 g/mol. The number of carboxylic acid groups (broad SMARTS) is 1. The van der Waals surface area contributed by atoms with E-state index in [4.69, 9.17) is 4.74 Å². The van der Waals surface area contributed by atoms with Gasteiger partial charge >= 0.3 is 11.9 Å². The molecule has 0 fully saturated rings. The van der Waals surface area contributed by atoms with E-state index in [1.54, 1.807) is 13.0 Å². The van der Waals surface area contributed by atoms with E-state index in [0.717, 1.165) is 11.1 Å². The van der Waals surface area contributed by atoms with Crippen LogP contribution in [0.4, 0.5) is 0 Å². The van der Waals surface area contributed by atoms with Crippen molar-refractivity contribution in [3.05, 3.63) is 59.7 Å². The third-order valence-electron chi connectivity index (χ3n) is 6.03. The number of ether oxygens (including phenoxy) is 1. The molecule has 0 radical (unpaired) electrons. The van der Waals surface area contributed by atoms with Gasteiger partial charge in [0.15, 0.2) is 11.5 Å². The van der Waals surface area contributed by atoms with Crippen molar-refractivity contribution in [2.45, 2.75) is 57.0 Å². The highest BCUT2D eigenvalue weighted by Gasteiger charge is 2.38. The molecule has 2 rings (SSSR count). The molecule has 35 heavy (non-hydrogen) atoms. The first kappa shape index (κ1) is 27.7. The zero-order valence-electron chi connectivity index (χ0n) is 20.5.